The molecule has 4 rings (SSSR count). The van der Waals surface area contributed by atoms with E-state index in [1.54, 1.807) is 17.1 Å². The molecule has 7 nitrogen and oxygen atoms in total. The van der Waals surface area contributed by atoms with Gasteiger partial charge in [-0.1, -0.05) is 47.8 Å². The van der Waals surface area contributed by atoms with Crippen molar-refractivity contribution in [1.82, 2.24) is 15.1 Å². The molecule has 1 amide bonds. The minimum atomic E-state index is -0.737. The number of carbonyl (C=O) groups is 2. The third-order valence-corrected chi connectivity index (χ3v) is 6.49. The third kappa shape index (κ3) is 4.72. The largest absolute Gasteiger partial charge is 0.481 e. The monoisotopic (exact) mass is 442 g/mol. The van der Waals surface area contributed by atoms with Crippen molar-refractivity contribution in [3.05, 3.63) is 53.9 Å². The highest BCUT2D eigenvalue weighted by atomic mass is 32.1. The summed E-state index contributed by atoms with van der Waals surface area (Å²) in [5.41, 5.74) is 2.00. The van der Waals surface area contributed by atoms with Crippen molar-refractivity contribution in [3.63, 3.8) is 0 Å². The molecule has 0 bridgehead atoms. The first-order valence-electron chi connectivity index (χ1n) is 10.2. The van der Waals surface area contributed by atoms with E-state index in [-0.39, 0.29) is 24.1 Å². The minimum Gasteiger partial charge on any atom is -0.481 e. The average Bonchev–Trinajstić information content (AvgIpc) is 3.21. The Hall–Kier alpha value is -2.91. The van der Waals surface area contributed by atoms with Gasteiger partial charge in [-0.05, 0) is 18.6 Å². The van der Waals surface area contributed by atoms with Crippen molar-refractivity contribution < 1.29 is 19.1 Å². The molecule has 0 spiro atoms. The molecular formula is C22H23FN4O3S. The van der Waals surface area contributed by atoms with Gasteiger partial charge in [-0.3, -0.25) is 19.4 Å². The Morgan fingerprint density at radius 2 is 2.00 bits per heavy atom. The zero-order chi connectivity index (χ0) is 22.0. The summed E-state index contributed by atoms with van der Waals surface area (Å²) in [6.07, 6.45) is 4.73. The standard InChI is InChI=1S/C22H23FN4O3S/c1-2-27(20(28)16-4-3-5-18(23)10-16)22-25-24-19(31-22)15-8-6-14(7-9-15)11-26-12-17(13-26)21(29)30/h3-9,16-17H,2,10-13H2,1H3,(H,29,30). The molecule has 1 N–H and O–H groups in total. The predicted octanol–water partition coefficient (Wildman–Crippen LogP) is 3.50. The number of hydrogen-bond donors (Lipinski definition) is 1. The highest BCUT2D eigenvalue weighted by Gasteiger charge is 2.32. The van der Waals surface area contributed by atoms with Gasteiger partial charge >= 0.3 is 5.97 Å². The van der Waals surface area contributed by atoms with Crippen LogP contribution in [-0.2, 0) is 16.1 Å². The van der Waals surface area contributed by atoms with Crippen molar-refractivity contribution in [2.24, 2.45) is 11.8 Å². The molecule has 1 atom stereocenters. The first kappa shape index (κ1) is 21.3. The molecule has 2 aromatic rings. The lowest BCUT2D eigenvalue weighted by molar-refractivity contribution is -0.147. The number of hydrogen-bond acceptors (Lipinski definition) is 6. The number of carboxylic acids is 1. The number of benzene rings is 1. The van der Waals surface area contributed by atoms with E-state index in [0.29, 0.717) is 36.3 Å². The Labute approximate surface area is 183 Å². The summed E-state index contributed by atoms with van der Waals surface area (Å²) in [7, 11) is 0. The number of carbonyl (C=O) groups excluding carboxylic acids is 1. The van der Waals surface area contributed by atoms with E-state index in [1.807, 2.05) is 31.2 Å². The van der Waals surface area contributed by atoms with Crippen LogP contribution in [0.15, 0.2) is 48.3 Å². The summed E-state index contributed by atoms with van der Waals surface area (Å²) in [4.78, 5) is 27.4. The maximum Gasteiger partial charge on any atom is 0.309 e. The van der Waals surface area contributed by atoms with Crippen LogP contribution in [0.2, 0.25) is 0 Å². The fraction of sp³-hybridized carbons (Fsp3) is 0.364. The van der Waals surface area contributed by atoms with Gasteiger partial charge in [-0.2, -0.15) is 0 Å². The smallest absolute Gasteiger partial charge is 0.309 e. The van der Waals surface area contributed by atoms with E-state index in [1.165, 1.54) is 17.4 Å². The van der Waals surface area contributed by atoms with Crippen LogP contribution < -0.4 is 4.90 Å². The van der Waals surface area contributed by atoms with Crippen LogP contribution in [0.1, 0.15) is 18.9 Å². The van der Waals surface area contributed by atoms with Crippen LogP contribution >= 0.6 is 11.3 Å². The van der Waals surface area contributed by atoms with E-state index in [9.17, 15) is 14.0 Å². The summed E-state index contributed by atoms with van der Waals surface area (Å²) in [5.74, 6) is -2.01. The molecule has 1 saturated heterocycles. The summed E-state index contributed by atoms with van der Waals surface area (Å²) in [6.45, 7) is 4.15. The molecule has 1 fully saturated rings. The van der Waals surface area contributed by atoms with E-state index >= 15 is 0 Å². The number of allylic oxidation sites excluding steroid dienone is 3. The van der Waals surface area contributed by atoms with Crippen molar-refractivity contribution in [1.29, 1.82) is 0 Å². The van der Waals surface area contributed by atoms with Gasteiger partial charge in [0.2, 0.25) is 11.0 Å². The number of aromatic nitrogens is 2. The van der Waals surface area contributed by atoms with E-state index < -0.39 is 11.9 Å². The van der Waals surface area contributed by atoms with Gasteiger partial charge in [0.15, 0.2) is 0 Å². The number of carboxylic acid groups (broad SMARTS) is 1. The first-order chi connectivity index (χ1) is 14.9. The average molecular weight is 443 g/mol. The van der Waals surface area contributed by atoms with E-state index in [4.69, 9.17) is 5.11 Å². The minimum absolute atomic E-state index is 0.0726. The maximum atomic E-state index is 13.6. The van der Waals surface area contributed by atoms with Crippen LogP contribution in [-0.4, -0.2) is 51.7 Å². The predicted molar refractivity (Wildman–Crippen MR) is 116 cm³/mol. The molecule has 1 aliphatic carbocycles. The van der Waals surface area contributed by atoms with Crippen LogP contribution in [0.4, 0.5) is 9.52 Å². The number of nitrogens with zero attached hydrogens (tertiary/aromatic N) is 4. The summed E-state index contributed by atoms with van der Waals surface area (Å²) in [5, 5.41) is 18.6. The summed E-state index contributed by atoms with van der Waals surface area (Å²) >= 11 is 1.33. The van der Waals surface area contributed by atoms with Gasteiger partial charge in [0.1, 0.15) is 10.8 Å². The molecule has 1 aliphatic heterocycles. The molecule has 31 heavy (non-hydrogen) atoms. The van der Waals surface area contributed by atoms with Crippen LogP contribution in [0.25, 0.3) is 10.6 Å². The van der Waals surface area contributed by atoms with E-state index in [2.05, 4.69) is 15.1 Å². The van der Waals surface area contributed by atoms with Crippen LogP contribution in [0.3, 0.4) is 0 Å². The highest BCUT2D eigenvalue weighted by Crippen LogP contribution is 2.31. The maximum absolute atomic E-state index is 13.6. The quantitative estimate of drug-likeness (QED) is 0.706. The van der Waals surface area contributed by atoms with Gasteiger partial charge in [0.25, 0.3) is 0 Å². The lowest BCUT2D eigenvalue weighted by atomic mass is 9.98. The molecule has 1 aromatic heterocycles. The van der Waals surface area contributed by atoms with Gasteiger partial charge in [-0.15, -0.1) is 10.2 Å². The van der Waals surface area contributed by atoms with Crippen molar-refractivity contribution in [2.75, 3.05) is 24.5 Å². The second-order valence-electron chi connectivity index (χ2n) is 7.71. The Morgan fingerprint density at radius 1 is 1.26 bits per heavy atom. The number of amides is 1. The molecule has 9 heteroatoms. The molecule has 0 saturated carbocycles. The number of aliphatic carboxylic acids is 1. The Balaban J connectivity index is 1.40. The van der Waals surface area contributed by atoms with Gasteiger partial charge in [0, 0.05) is 38.2 Å². The molecule has 1 aromatic carbocycles. The number of likely N-dealkylation sites (tertiary alicyclic amines) is 1. The van der Waals surface area contributed by atoms with E-state index in [0.717, 1.165) is 11.1 Å². The topological polar surface area (TPSA) is 86.6 Å². The van der Waals surface area contributed by atoms with Crippen molar-refractivity contribution in [3.8, 4) is 10.6 Å². The molecule has 0 radical (unpaired) electrons. The van der Waals surface area contributed by atoms with Crippen molar-refractivity contribution in [2.45, 2.75) is 19.9 Å². The Morgan fingerprint density at radius 3 is 2.65 bits per heavy atom. The second-order valence-corrected chi connectivity index (χ2v) is 8.66. The fourth-order valence-electron chi connectivity index (χ4n) is 3.70. The summed E-state index contributed by atoms with van der Waals surface area (Å²) in [6, 6.07) is 7.90. The second kappa shape index (κ2) is 9.07. The van der Waals surface area contributed by atoms with Crippen LogP contribution in [0, 0.1) is 11.8 Å². The van der Waals surface area contributed by atoms with Crippen LogP contribution in [0.5, 0.6) is 0 Å². The van der Waals surface area contributed by atoms with Gasteiger partial charge in [-0.25, -0.2) is 4.39 Å². The number of halogens is 1. The normalized spacial score (nSPS) is 19.0. The molecule has 1 unspecified atom stereocenters. The Bertz CT molecular complexity index is 1030. The lowest BCUT2D eigenvalue weighted by Gasteiger charge is -2.36. The molecule has 2 heterocycles. The fourth-order valence-corrected chi connectivity index (χ4v) is 4.62. The first-order valence-corrected chi connectivity index (χ1v) is 11.0. The number of anilines is 1. The highest BCUT2D eigenvalue weighted by molar-refractivity contribution is 7.18. The Kier molecular flexibility index (Phi) is 6.24. The summed E-state index contributed by atoms with van der Waals surface area (Å²) < 4.78 is 13.6. The van der Waals surface area contributed by atoms with Crippen molar-refractivity contribution >= 4 is 28.3 Å². The molecular weight excluding hydrogens is 419 g/mol. The number of rotatable bonds is 7. The third-order valence-electron chi connectivity index (χ3n) is 5.49. The zero-order valence-corrected chi connectivity index (χ0v) is 17.9. The molecule has 2 aliphatic rings. The zero-order valence-electron chi connectivity index (χ0n) is 17.1. The lowest BCUT2D eigenvalue weighted by Crippen LogP contribution is -2.49. The van der Waals surface area contributed by atoms with Gasteiger partial charge < -0.3 is 5.11 Å². The van der Waals surface area contributed by atoms with Gasteiger partial charge in [0.05, 0.1) is 11.8 Å². The SMILES string of the molecule is CCN(C(=O)C1C=CC=C(F)C1)c1nnc(-c2ccc(CN3CC(C(=O)O)C3)cc2)s1. The molecule has 162 valence electrons.